The number of nitrogens with zero attached hydrogens (tertiary/aromatic N) is 1. The summed E-state index contributed by atoms with van der Waals surface area (Å²) >= 11 is 1.01. The van der Waals surface area contributed by atoms with Gasteiger partial charge in [-0.15, -0.1) is 0 Å². The number of hydrogen-bond acceptors (Lipinski definition) is 3. The van der Waals surface area contributed by atoms with Crippen LogP contribution in [0.5, 0.6) is 0 Å². The molecule has 0 aliphatic carbocycles. The van der Waals surface area contributed by atoms with Crippen molar-refractivity contribution < 1.29 is 22.8 Å². The maximum absolute atomic E-state index is 12.8. The molecule has 8 heteroatoms. The Morgan fingerprint density at radius 2 is 1.92 bits per heavy atom. The molecule has 2 amide bonds. The Kier molecular flexibility index (Phi) is 5.05. The fraction of sp³-hybridized carbons (Fsp3) is 0.444. The lowest BCUT2D eigenvalue weighted by molar-refractivity contribution is -0.137. The van der Waals surface area contributed by atoms with Crippen LogP contribution in [-0.2, 0) is 15.8 Å². The van der Waals surface area contributed by atoms with Gasteiger partial charge in [-0.25, -0.2) is 0 Å². The molecule has 0 radical (unpaired) electrons. The van der Waals surface area contributed by atoms with Gasteiger partial charge in [-0.3, -0.25) is 9.59 Å². The molecule has 26 heavy (non-hydrogen) atoms. The fourth-order valence-electron chi connectivity index (χ4n) is 3.38. The molecular formula is C18H19F3N2O2S. The summed E-state index contributed by atoms with van der Waals surface area (Å²) in [5.41, 5.74) is -0.711. The van der Waals surface area contributed by atoms with Gasteiger partial charge in [0.15, 0.2) is 0 Å². The van der Waals surface area contributed by atoms with Gasteiger partial charge in [0.05, 0.1) is 16.2 Å². The molecule has 0 spiro atoms. The zero-order valence-electron chi connectivity index (χ0n) is 14.4. The highest BCUT2D eigenvalue weighted by atomic mass is 32.2. The van der Waals surface area contributed by atoms with E-state index in [1.165, 1.54) is 12.1 Å². The van der Waals surface area contributed by atoms with Crippen LogP contribution in [0.4, 0.5) is 18.9 Å². The molecule has 140 valence electrons. The van der Waals surface area contributed by atoms with Gasteiger partial charge < -0.3 is 10.2 Å². The van der Waals surface area contributed by atoms with E-state index in [0.29, 0.717) is 29.8 Å². The molecule has 2 atom stereocenters. The number of rotatable bonds is 1. The molecule has 2 aliphatic heterocycles. The summed E-state index contributed by atoms with van der Waals surface area (Å²) in [6.07, 6.45) is -2.13. The molecule has 2 aliphatic rings. The third-order valence-electron chi connectivity index (χ3n) is 4.43. The van der Waals surface area contributed by atoms with Crippen LogP contribution >= 0.6 is 11.8 Å². The van der Waals surface area contributed by atoms with Gasteiger partial charge in [-0.2, -0.15) is 13.2 Å². The zero-order valence-corrected chi connectivity index (χ0v) is 15.2. The minimum absolute atomic E-state index is 0.111. The van der Waals surface area contributed by atoms with E-state index in [-0.39, 0.29) is 16.5 Å². The van der Waals surface area contributed by atoms with Gasteiger partial charge in [0.25, 0.3) is 5.91 Å². The van der Waals surface area contributed by atoms with E-state index < -0.39 is 17.6 Å². The summed E-state index contributed by atoms with van der Waals surface area (Å²) in [6.45, 7) is 5.45. The van der Waals surface area contributed by atoms with Gasteiger partial charge in [0.1, 0.15) is 0 Å². The highest BCUT2D eigenvalue weighted by Crippen LogP contribution is 2.41. The van der Waals surface area contributed by atoms with E-state index in [2.05, 4.69) is 19.2 Å². The van der Waals surface area contributed by atoms with Crippen LogP contribution in [0.15, 0.2) is 34.1 Å². The number of fused-ring (bicyclic) bond motifs is 1. The molecule has 4 nitrogen and oxygen atoms in total. The van der Waals surface area contributed by atoms with Crippen LogP contribution in [0.3, 0.4) is 0 Å². The highest BCUT2D eigenvalue weighted by Gasteiger charge is 2.33. The predicted molar refractivity (Wildman–Crippen MR) is 93.5 cm³/mol. The molecular weight excluding hydrogens is 365 g/mol. The van der Waals surface area contributed by atoms with Crippen molar-refractivity contribution in [3.8, 4) is 0 Å². The number of carbonyl (C=O) groups is 2. The summed E-state index contributed by atoms with van der Waals surface area (Å²) in [5, 5.41) is 2.45. The Labute approximate surface area is 153 Å². The largest absolute Gasteiger partial charge is 0.416 e. The smallest absolute Gasteiger partial charge is 0.339 e. The van der Waals surface area contributed by atoms with E-state index in [4.69, 9.17) is 0 Å². The third kappa shape index (κ3) is 4.06. The van der Waals surface area contributed by atoms with E-state index >= 15 is 0 Å². The third-order valence-corrected chi connectivity index (χ3v) is 5.53. The maximum atomic E-state index is 12.8. The molecule has 1 aromatic carbocycles. The number of alkyl halides is 3. The van der Waals surface area contributed by atoms with Crippen LogP contribution in [0.2, 0.25) is 0 Å². The zero-order chi connectivity index (χ0) is 19.1. The molecule has 3 rings (SSSR count). The number of hydrogen-bond donors (Lipinski definition) is 1. The average Bonchev–Trinajstić information content (AvgIpc) is 2.53. The van der Waals surface area contributed by atoms with Crippen molar-refractivity contribution in [1.82, 2.24) is 4.90 Å². The van der Waals surface area contributed by atoms with Crippen LogP contribution in [0.25, 0.3) is 0 Å². The van der Waals surface area contributed by atoms with E-state index in [9.17, 15) is 22.8 Å². The van der Waals surface area contributed by atoms with Gasteiger partial charge in [0, 0.05) is 24.1 Å². The molecule has 1 fully saturated rings. The number of nitrogens with one attached hydrogen (secondary N) is 1. The van der Waals surface area contributed by atoms with Gasteiger partial charge in [-0.05, 0) is 36.5 Å². The first kappa shape index (κ1) is 18.8. The van der Waals surface area contributed by atoms with Crippen molar-refractivity contribution in [3.63, 3.8) is 0 Å². The standard InChI is InChI=1S/C18H19F3N2O2S/c1-10-5-11(2)9-23(8-10)16(24)7-15-17(25)22-13-6-12(18(19,20)21)3-4-14(13)26-15/h3-4,6-7,10-11H,5,8-9H2,1-2H3,(H,22,25)/b15-7-/t10-,11+. The second-order valence-corrected chi connectivity index (χ2v) is 8.05. The quantitative estimate of drug-likeness (QED) is 0.741. The Balaban J connectivity index is 1.79. The Hall–Kier alpha value is -1.96. The number of thioether (sulfide) groups is 1. The molecule has 0 bridgehead atoms. The normalized spacial score (nSPS) is 25.0. The lowest BCUT2D eigenvalue weighted by Crippen LogP contribution is -2.42. The monoisotopic (exact) mass is 384 g/mol. The number of benzene rings is 1. The number of anilines is 1. The maximum Gasteiger partial charge on any atom is 0.416 e. The summed E-state index contributed by atoms with van der Waals surface area (Å²) in [4.78, 5) is 27.1. The topological polar surface area (TPSA) is 49.4 Å². The van der Waals surface area contributed by atoms with Gasteiger partial charge in [0.2, 0.25) is 5.91 Å². The van der Waals surface area contributed by atoms with E-state index in [1.54, 1.807) is 4.90 Å². The molecule has 2 heterocycles. The van der Waals surface area contributed by atoms with Gasteiger partial charge >= 0.3 is 6.18 Å². The molecule has 1 saturated heterocycles. The molecule has 0 aromatic heterocycles. The summed E-state index contributed by atoms with van der Waals surface area (Å²) in [5.74, 6) is -0.00408. The molecule has 0 unspecified atom stereocenters. The first-order valence-corrected chi connectivity index (χ1v) is 9.16. The first-order valence-electron chi connectivity index (χ1n) is 8.34. The number of piperidine rings is 1. The summed E-state index contributed by atoms with van der Waals surface area (Å²) in [7, 11) is 0. The summed E-state index contributed by atoms with van der Waals surface area (Å²) < 4.78 is 38.4. The van der Waals surface area contributed by atoms with Crippen molar-refractivity contribution in [3.05, 3.63) is 34.7 Å². The van der Waals surface area contributed by atoms with Crippen LogP contribution in [-0.4, -0.2) is 29.8 Å². The second-order valence-electron chi connectivity index (χ2n) is 6.96. The van der Waals surface area contributed by atoms with E-state index in [0.717, 1.165) is 30.3 Å². The molecule has 0 saturated carbocycles. The molecule has 1 aromatic rings. The number of halogens is 3. The van der Waals surface area contributed by atoms with Gasteiger partial charge in [-0.1, -0.05) is 25.6 Å². The number of carbonyl (C=O) groups excluding carboxylic acids is 2. The number of likely N-dealkylation sites (tertiary alicyclic amines) is 1. The second kappa shape index (κ2) is 6.98. The average molecular weight is 384 g/mol. The van der Waals surface area contributed by atoms with Crippen molar-refractivity contribution in [2.24, 2.45) is 11.8 Å². The van der Waals surface area contributed by atoms with Crippen LogP contribution < -0.4 is 5.32 Å². The highest BCUT2D eigenvalue weighted by molar-refractivity contribution is 8.04. The van der Waals surface area contributed by atoms with Crippen LogP contribution in [0.1, 0.15) is 25.8 Å². The van der Waals surface area contributed by atoms with Crippen molar-refractivity contribution in [2.45, 2.75) is 31.3 Å². The summed E-state index contributed by atoms with van der Waals surface area (Å²) in [6, 6.07) is 3.19. The SMILES string of the molecule is C[C@@H]1C[C@H](C)CN(C(=O)/C=C2\Sc3ccc(C(F)(F)F)cc3NC2=O)C1. The predicted octanol–water partition coefficient (Wildman–Crippen LogP) is 4.14. The lowest BCUT2D eigenvalue weighted by atomic mass is 9.92. The minimum Gasteiger partial charge on any atom is -0.339 e. The minimum atomic E-state index is -4.47. The van der Waals surface area contributed by atoms with Crippen molar-refractivity contribution in [1.29, 1.82) is 0 Å². The van der Waals surface area contributed by atoms with Crippen molar-refractivity contribution >= 4 is 29.3 Å². The first-order chi connectivity index (χ1) is 12.1. The van der Waals surface area contributed by atoms with Crippen molar-refractivity contribution in [2.75, 3.05) is 18.4 Å². The van der Waals surface area contributed by atoms with E-state index in [1.807, 2.05) is 0 Å². The number of amides is 2. The lowest BCUT2D eigenvalue weighted by Gasteiger charge is -2.34. The Morgan fingerprint density at radius 3 is 2.54 bits per heavy atom. The Bertz CT molecular complexity index is 766. The fourth-order valence-corrected chi connectivity index (χ4v) is 4.28. The van der Waals surface area contributed by atoms with Crippen LogP contribution in [0, 0.1) is 11.8 Å². The Morgan fingerprint density at radius 1 is 1.27 bits per heavy atom. The molecule has 1 N–H and O–H groups in total.